The molecule has 0 atom stereocenters. The highest BCUT2D eigenvalue weighted by molar-refractivity contribution is 6.36. The van der Waals surface area contributed by atoms with Crippen LogP contribution in [0.1, 0.15) is 16.2 Å². The maximum Gasteiger partial charge on any atom is 0.255 e. The van der Waals surface area contributed by atoms with Gasteiger partial charge in [-0.25, -0.2) is 14.6 Å². The number of piperazine rings is 1. The number of nitrogens with zero attached hydrogens (tertiary/aromatic N) is 6. The lowest BCUT2D eigenvalue weighted by atomic mass is 10.1. The first-order valence-electron chi connectivity index (χ1n) is 8.86. The van der Waals surface area contributed by atoms with Crippen LogP contribution >= 0.6 is 23.2 Å². The van der Waals surface area contributed by atoms with Gasteiger partial charge in [0.1, 0.15) is 11.6 Å². The van der Waals surface area contributed by atoms with Gasteiger partial charge in [0, 0.05) is 49.7 Å². The van der Waals surface area contributed by atoms with Crippen molar-refractivity contribution < 1.29 is 4.79 Å². The van der Waals surface area contributed by atoms with Crippen LogP contribution < -0.4 is 4.90 Å². The number of aryl methyl sites for hydroxylation is 1. The van der Waals surface area contributed by atoms with Crippen molar-refractivity contribution in [2.24, 2.45) is 0 Å². The third-order valence-electron chi connectivity index (χ3n) is 4.60. The number of benzene rings is 1. The zero-order valence-corrected chi connectivity index (χ0v) is 16.7. The molecule has 0 bridgehead atoms. The monoisotopic (exact) mass is 416 g/mol. The van der Waals surface area contributed by atoms with Gasteiger partial charge in [-0.3, -0.25) is 4.79 Å². The number of hydrogen-bond acceptors (Lipinski definition) is 5. The Morgan fingerprint density at radius 3 is 2.46 bits per heavy atom. The minimum Gasteiger partial charge on any atom is -0.353 e. The molecule has 28 heavy (non-hydrogen) atoms. The van der Waals surface area contributed by atoms with Crippen molar-refractivity contribution in [3.63, 3.8) is 0 Å². The summed E-state index contributed by atoms with van der Waals surface area (Å²) in [6, 6.07) is 8.70. The lowest BCUT2D eigenvalue weighted by Crippen LogP contribution is -2.49. The van der Waals surface area contributed by atoms with Crippen LogP contribution in [0.15, 0.2) is 42.7 Å². The number of anilines is 1. The summed E-state index contributed by atoms with van der Waals surface area (Å²) in [5.41, 5.74) is 0.471. The fourth-order valence-electron chi connectivity index (χ4n) is 3.19. The molecule has 1 aromatic carbocycles. The second-order valence-corrected chi connectivity index (χ2v) is 7.33. The summed E-state index contributed by atoms with van der Waals surface area (Å²) >= 11 is 12.1. The number of rotatable bonds is 3. The van der Waals surface area contributed by atoms with Gasteiger partial charge in [0.15, 0.2) is 5.82 Å². The molecule has 3 heterocycles. The van der Waals surface area contributed by atoms with Gasteiger partial charge in [-0.1, -0.05) is 23.2 Å². The van der Waals surface area contributed by atoms with E-state index in [-0.39, 0.29) is 5.91 Å². The van der Waals surface area contributed by atoms with E-state index in [0.29, 0.717) is 47.6 Å². The molecule has 7 nitrogen and oxygen atoms in total. The Balaban J connectivity index is 1.48. The fourth-order valence-corrected chi connectivity index (χ4v) is 3.68. The maximum absolute atomic E-state index is 12.8. The molecule has 0 saturated carbocycles. The molecule has 0 unspecified atom stereocenters. The number of halogens is 2. The molecule has 4 rings (SSSR count). The third kappa shape index (κ3) is 3.81. The van der Waals surface area contributed by atoms with Crippen molar-refractivity contribution in [1.29, 1.82) is 0 Å². The molecule has 0 spiro atoms. The van der Waals surface area contributed by atoms with Crippen LogP contribution in [-0.2, 0) is 0 Å². The van der Waals surface area contributed by atoms with Crippen molar-refractivity contribution in [2.45, 2.75) is 6.92 Å². The summed E-state index contributed by atoms with van der Waals surface area (Å²) in [5, 5.41) is 5.11. The summed E-state index contributed by atoms with van der Waals surface area (Å²) in [4.78, 5) is 25.7. The average molecular weight is 417 g/mol. The highest BCUT2D eigenvalue weighted by Crippen LogP contribution is 2.23. The Morgan fingerprint density at radius 1 is 1.04 bits per heavy atom. The molecule has 1 fully saturated rings. The summed E-state index contributed by atoms with van der Waals surface area (Å²) in [7, 11) is 0. The first-order chi connectivity index (χ1) is 13.5. The normalized spacial score (nSPS) is 14.4. The van der Waals surface area contributed by atoms with Crippen LogP contribution in [0, 0.1) is 6.92 Å². The van der Waals surface area contributed by atoms with E-state index in [1.54, 1.807) is 34.0 Å². The smallest absolute Gasteiger partial charge is 0.255 e. The second-order valence-electron chi connectivity index (χ2n) is 6.49. The lowest BCUT2D eigenvalue weighted by Gasteiger charge is -2.35. The maximum atomic E-state index is 12.8. The summed E-state index contributed by atoms with van der Waals surface area (Å²) in [6.45, 7) is 4.37. The molecule has 1 aliphatic rings. The predicted molar refractivity (Wildman–Crippen MR) is 108 cm³/mol. The number of carbonyl (C=O) groups excluding carboxylic acids is 1. The van der Waals surface area contributed by atoms with Gasteiger partial charge >= 0.3 is 0 Å². The number of hydrogen-bond donors (Lipinski definition) is 0. The highest BCUT2D eigenvalue weighted by Gasteiger charge is 2.25. The van der Waals surface area contributed by atoms with Crippen molar-refractivity contribution in [2.75, 3.05) is 31.1 Å². The average Bonchev–Trinajstić information content (AvgIpc) is 3.22. The molecule has 3 aromatic rings. The van der Waals surface area contributed by atoms with E-state index in [1.807, 2.05) is 25.3 Å². The van der Waals surface area contributed by atoms with Crippen LogP contribution in [0.4, 0.5) is 5.82 Å². The van der Waals surface area contributed by atoms with E-state index in [4.69, 9.17) is 23.2 Å². The molecule has 9 heteroatoms. The van der Waals surface area contributed by atoms with Crippen molar-refractivity contribution >= 4 is 34.9 Å². The summed E-state index contributed by atoms with van der Waals surface area (Å²) < 4.78 is 1.71. The molecular weight excluding hydrogens is 399 g/mol. The highest BCUT2D eigenvalue weighted by atomic mass is 35.5. The topological polar surface area (TPSA) is 67.2 Å². The Labute approximate surface area is 172 Å². The fraction of sp³-hybridized carbons (Fsp3) is 0.263. The van der Waals surface area contributed by atoms with Gasteiger partial charge in [-0.05, 0) is 31.2 Å². The van der Waals surface area contributed by atoms with Gasteiger partial charge in [0.25, 0.3) is 5.91 Å². The Bertz CT molecular complexity index is 1000. The molecule has 1 amide bonds. The van der Waals surface area contributed by atoms with Gasteiger partial charge in [-0.2, -0.15) is 5.10 Å². The van der Waals surface area contributed by atoms with Crippen LogP contribution in [0.3, 0.4) is 0 Å². The first-order valence-corrected chi connectivity index (χ1v) is 9.62. The van der Waals surface area contributed by atoms with E-state index in [0.717, 1.165) is 11.6 Å². The minimum absolute atomic E-state index is 0.0857. The summed E-state index contributed by atoms with van der Waals surface area (Å²) in [5.74, 6) is 2.14. The van der Waals surface area contributed by atoms with Crippen molar-refractivity contribution in [1.82, 2.24) is 24.6 Å². The van der Waals surface area contributed by atoms with Crippen LogP contribution in [0.2, 0.25) is 10.0 Å². The predicted octanol–water partition coefficient (Wildman–Crippen LogP) is 3.24. The van der Waals surface area contributed by atoms with E-state index in [9.17, 15) is 4.79 Å². The molecule has 1 aliphatic heterocycles. The molecule has 144 valence electrons. The van der Waals surface area contributed by atoms with Crippen LogP contribution in [-0.4, -0.2) is 56.7 Å². The van der Waals surface area contributed by atoms with Gasteiger partial charge < -0.3 is 9.80 Å². The molecule has 1 saturated heterocycles. The Morgan fingerprint density at radius 2 is 1.79 bits per heavy atom. The molecule has 0 aliphatic carbocycles. The van der Waals surface area contributed by atoms with Crippen molar-refractivity contribution in [3.8, 4) is 5.82 Å². The number of amides is 1. The van der Waals surface area contributed by atoms with Gasteiger partial charge in [-0.15, -0.1) is 0 Å². The number of carbonyl (C=O) groups is 1. The molecule has 0 radical (unpaired) electrons. The van der Waals surface area contributed by atoms with Crippen molar-refractivity contribution in [3.05, 3.63) is 64.2 Å². The SMILES string of the molecule is Cc1nc(N2CCN(C(=O)c3ccc(Cl)cc3Cl)CC2)cc(-n2cccn2)n1. The minimum atomic E-state index is -0.0857. The largest absolute Gasteiger partial charge is 0.353 e. The number of aromatic nitrogens is 4. The Hall–Kier alpha value is -2.64. The van der Waals surface area contributed by atoms with E-state index in [2.05, 4.69) is 20.0 Å². The van der Waals surface area contributed by atoms with Crippen LogP contribution in [0.5, 0.6) is 0 Å². The standard InChI is InChI=1S/C19H18Cl2N6O/c1-13-23-17(12-18(24-13)27-6-2-5-22-27)25-7-9-26(10-8-25)19(28)15-4-3-14(20)11-16(15)21/h2-6,11-12H,7-10H2,1H3. The van der Waals surface area contributed by atoms with Gasteiger partial charge in [0.2, 0.25) is 0 Å². The van der Waals surface area contributed by atoms with E-state index >= 15 is 0 Å². The van der Waals surface area contributed by atoms with E-state index in [1.165, 1.54) is 0 Å². The third-order valence-corrected chi connectivity index (χ3v) is 5.15. The zero-order valence-electron chi connectivity index (χ0n) is 15.2. The van der Waals surface area contributed by atoms with Gasteiger partial charge in [0.05, 0.1) is 10.6 Å². The quantitative estimate of drug-likeness (QED) is 0.655. The molecular formula is C19H18Cl2N6O. The first kappa shape index (κ1) is 18.7. The molecule has 2 aromatic heterocycles. The second kappa shape index (κ2) is 7.77. The zero-order chi connectivity index (χ0) is 19.7. The molecule has 0 N–H and O–H groups in total. The van der Waals surface area contributed by atoms with Crippen LogP contribution in [0.25, 0.3) is 5.82 Å². The lowest BCUT2D eigenvalue weighted by molar-refractivity contribution is 0.0746. The summed E-state index contributed by atoms with van der Waals surface area (Å²) in [6.07, 6.45) is 3.56. The Kier molecular flexibility index (Phi) is 5.19. The van der Waals surface area contributed by atoms with E-state index < -0.39 is 0 Å².